The lowest BCUT2D eigenvalue weighted by atomic mass is 10.1. The first-order chi connectivity index (χ1) is 7.72. The van der Waals surface area contributed by atoms with Gasteiger partial charge in [0.05, 0.1) is 18.4 Å². The molecular formula is C11H10BrN3O. The Bertz CT molecular complexity index is 504. The summed E-state index contributed by atoms with van der Waals surface area (Å²) in [6.45, 7) is 0.0326. The summed E-state index contributed by atoms with van der Waals surface area (Å²) in [5.74, 6) is -0.0638. The third-order valence-electron chi connectivity index (χ3n) is 2.22. The molecule has 0 saturated heterocycles. The van der Waals surface area contributed by atoms with Crippen LogP contribution in [0.5, 0.6) is 0 Å². The highest BCUT2D eigenvalue weighted by molar-refractivity contribution is 9.10. The molecule has 0 bridgehead atoms. The number of hydrogen-bond donors (Lipinski definition) is 1. The maximum Gasteiger partial charge on any atom is 0.176 e. The van der Waals surface area contributed by atoms with Gasteiger partial charge < -0.3 is 5.73 Å². The molecule has 1 aromatic heterocycles. The number of rotatable bonds is 3. The molecule has 0 spiro atoms. The van der Waals surface area contributed by atoms with Crippen molar-refractivity contribution in [3.8, 4) is 5.69 Å². The van der Waals surface area contributed by atoms with Crippen LogP contribution in [0.2, 0.25) is 0 Å². The molecule has 0 aliphatic carbocycles. The summed E-state index contributed by atoms with van der Waals surface area (Å²) in [6, 6.07) is 9.01. The Kier molecular flexibility index (Phi) is 3.17. The largest absolute Gasteiger partial charge is 0.324 e. The Balaban J connectivity index is 2.33. The van der Waals surface area contributed by atoms with E-state index in [9.17, 15) is 4.79 Å². The number of benzene rings is 1. The van der Waals surface area contributed by atoms with Gasteiger partial charge in [0.15, 0.2) is 5.78 Å². The van der Waals surface area contributed by atoms with Crippen molar-refractivity contribution in [2.24, 2.45) is 5.73 Å². The van der Waals surface area contributed by atoms with E-state index >= 15 is 0 Å². The molecule has 0 aliphatic rings. The van der Waals surface area contributed by atoms with Crippen LogP contribution in [0, 0.1) is 0 Å². The molecule has 0 radical (unpaired) electrons. The van der Waals surface area contributed by atoms with Crippen molar-refractivity contribution in [3.63, 3.8) is 0 Å². The van der Waals surface area contributed by atoms with Crippen LogP contribution in [0.25, 0.3) is 5.69 Å². The van der Waals surface area contributed by atoms with Crippen LogP contribution in [-0.4, -0.2) is 22.1 Å². The van der Waals surface area contributed by atoms with Crippen LogP contribution in [0.4, 0.5) is 0 Å². The average Bonchev–Trinajstić information content (AvgIpc) is 2.75. The minimum atomic E-state index is -0.0638. The Morgan fingerprint density at radius 3 is 2.50 bits per heavy atom. The molecule has 0 amide bonds. The molecule has 82 valence electrons. The zero-order valence-corrected chi connectivity index (χ0v) is 10.0. The van der Waals surface area contributed by atoms with Crippen molar-refractivity contribution >= 4 is 21.7 Å². The SMILES string of the molecule is NCC(=O)c1ccc(-n2nccc2Br)cc1. The van der Waals surface area contributed by atoms with Crippen LogP contribution >= 0.6 is 15.9 Å². The quantitative estimate of drug-likeness (QED) is 0.872. The summed E-state index contributed by atoms with van der Waals surface area (Å²) >= 11 is 3.38. The Hall–Kier alpha value is -1.46. The molecule has 16 heavy (non-hydrogen) atoms. The highest BCUT2D eigenvalue weighted by atomic mass is 79.9. The topological polar surface area (TPSA) is 60.9 Å². The summed E-state index contributed by atoms with van der Waals surface area (Å²) in [5.41, 5.74) is 6.80. The summed E-state index contributed by atoms with van der Waals surface area (Å²) in [6.07, 6.45) is 1.70. The molecule has 2 rings (SSSR count). The second-order valence-corrected chi connectivity index (χ2v) is 4.05. The highest BCUT2D eigenvalue weighted by Gasteiger charge is 2.05. The molecule has 1 aromatic carbocycles. The van der Waals surface area contributed by atoms with Gasteiger partial charge in [-0.25, -0.2) is 4.68 Å². The van der Waals surface area contributed by atoms with Gasteiger partial charge in [0, 0.05) is 5.56 Å². The van der Waals surface area contributed by atoms with Crippen molar-refractivity contribution in [1.29, 1.82) is 0 Å². The minimum Gasteiger partial charge on any atom is -0.324 e. The fraction of sp³-hybridized carbons (Fsp3) is 0.0909. The van der Waals surface area contributed by atoms with E-state index in [0.29, 0.717) is 5.56 Å². The molecule has 2 aromatic rings. The second kappa shape index (κ2) is 4.59. The standard InChI is InChI=1S/C11H10BrN3O/c12-11-5-6-14-15(11)9-3-1-8(2-4-9)10(16)7-13/h1-6H,7,13H2. The van der Waals surface area contributed by atoms with Gasteiger partial charge >= 0.3 is 0 Å². The lowest BCUT2D eigenvalue weighted by Gasteiger charge is -2.04. The highest BCUT2D eigenvalue weighted by Crippen LogP contribution is 2.16. The smallest absolute Gasteiger partial charge is 0.176 e. The van der Waals surface area contributed by atoms with Crippen LogP contribution in [0.15, 0.2) is 41.1 Å². The van der Waals surface area contributed by atoms with Crippen molar-refractivity contribution in [3.05, 3.63) is 46.7 Å². The number of hydrogen-bond acceptors (Lipinski definition) is 3. The molecule has 0 fully saturated rings. The van der Waals surface area contributed by atoms with E-state index in [1.54, 1.807) is 23.0 Å². The fourth-order valence-corrected chi connectivity index (χ4v) is 1.80. The number of ketones is 1. The average molecular weight is 280 g/mol. The number of carbonyl (C=O) groups excluding carboxylic acids is 1. The van der Waals surface area contributed by atoms with Crippen LogP contribution < -0.4 is 5.73 Å². The second-order valence-electron chi connectivity index (χ2n) is 3.24. The first-order valence-electron chi connectivity index (χ1n) is 4.75. The van der Waals surface area contributed by atoms with E-state index < -0.39 is 0 Å². The van der Waals surface area contributed by atoms with Crippen LogP contribution in [0.3, 0.4) is 0 Å². The third kappa shape index (κ3) is 2.05. The maximum atomic E-state index is 11.3. The van der Waals surface area contributed by atoms with E-state index in [-0.39, 0.29) is 12.3 Å². The van der Waals surface area contributed by atoms with E-state index in [0.717, 1.165) is 10.3 Å². The summed E-state index contributed by atoms with van der Waals surface area (Å²) in [7, 11) is 0. The molecular weight excluding hydrogens is 270 g/mol. The third-order valence-corrected chi connectivity index (χ3v) is 2.82. The van der Waals surface area contributed by atoms with Gasteiger partial charge in [-0.3, -0.25) is 4.79 Å². The van der Waals surface area contributed by atoms with Crippen molar-refractivity contribution in [1.82, 2.24) is 9.78 Å². The van der Waals surface area contributed by atoms with Crippen molar-refractivity contribution in [2.75, 3.05) is 6.54 Å². The number of Topliss-reactive ketones (excluding diaryl/α,β-unsaturated/α-hetero) is 1. The number of aromatic nitrogens is 2. The molecule has 1 heterocycles. The van der Waals surface area contributed by atoms with E-state index in [4.69, 9.17) is 5.73 Å². The molecule has 2 N–H and O–H groups in total. The predicted octanol–water partition coefficient (Wildman–Crippen LogP) is 1.78. The van der Waals surface area contributed by atoms with E-state index in [1.165, 1.54) is 0 Å². The zero-order valence-electron chi connectivity index (χ0n) is 8.43. The Morgan fingerprint density at radius 2 is 2.00 bits per heavy atom. The normalized spacial score (nSPS) is 10.4. The molecule has 0 atom stereocenters. The van der Waals surface area contributed by atoms with Crippen LogP contribution in [-0.2, 0) is 0 Å². The predicted molar refractivity (Wildman–Crippen MR) is 64.6 cm³/mol. The molecule has 0 saturated carbocycles. The zero-order chi connectivity index (χ0) is 11.5. The molecule has 4 nitrogen and oxygen atoms in total. The van der Waals surface area contributed by atoms with E-state index in [1.807, 2.05) is 18.2 Å². The Labute approximate surface area is 101 Å². The maximum absolute atomic E-state index is 11.3. The summed E-state index contributed by atoms with van der Waals surface area (Å²) in [5, 5.41) is 4.14. The monoisotopic (exact) mass is 279 g/mol. The summed E-state index contributed by atoms with van der Waals surface area (Å²) in [4.78, 5) is 11.3. The van der Waals surface area contributed by atoms with Gasteiger partial charge in [-0.05, 0) is 46.3 Å². The number of halogens is 1. The van der Waals surface area contributed by atoms with Gasteiger partial charge in [-0.1, -0.05) is 0 Å². The number of carbonyl (C=O) groups is 1. The molecule has 0 aliphatic heterocycles. The van der Waals surface area contributed by atoms with Gasteiger partial charge in [0.25, 0.3) is 0 Å². The van der Waals surface area contributed by atoms with Gasteiger partial charge in [-0.2, -0.15) is 5.10 Å². The fourth-order valence-electron chi connectivity index (χ4n) is 1.38. The molecule has 0 unspecified atom stereocenters. The van der Waals surface area contributed by atoms with E-state index in [2.05, 4.69) is 21.0 Å². The van der Waals surface area contributed by atoms with Gasteiger partial charge in [-0.15, -0.1) is 0 Å². The lowest BCUT2D eigenvalue weighted by molar-refractivity contribution is 0.100. The van der Waals surface area contributed by atoms with Crippen molar-refractivity contribution in [2.45, 2.75) is 0 Å². The lowest BCUT2D eigenvalue weighted by Crippen LogP contribution is -2.13. The van der Waals surface area contributed by atoms with Crippen molar-refractivity contribution < 1.29 is 4.79 Å². The summed E-state index contributed by atoms with van der Waals surface area (Å²) < 4.78 is 2.60. The number of nitrogens with two attached hydrogens (primary N) is 1. The van der Waals surface area contributed by atoms with Crippen LogP contribution in [0.1, 0.15) is 10.4 Å². The van der Waals surface area contributed by atoms with Gasteiger partial charge in [0.1, 0.15) is 4.60 Å². The first-order valence-corrected chi connectivity index (χ1v) is 5.55. The van der Waals surface area contributed by atoms with Gasteiger partial charge in [0.2, 0.25) is 0 Å². The number of nitrogens with zero attached hydrogens (tertiary/aromatic N) is 2. The Morgan fingerprint density at radius 1 is 1.31 bits per heavy atom. The molecule has 5 heteroatoms. The minimum absolute atomic E-state index is 0.0326. The first kappa shape index (κ1) is 11.0.